The molecular formula is C16H14F2N4OS. The van der Waals surface area contributed by atoms with E-state index in [9.17, 15) is 13.6 Å². The first-order valence-corrected chi connectivity index (χ1v) is 8.07. The zero-order valence-corrected chi connectivity index (χ0v) is 13.3. The normalized spacial score (nSPS) is 10.6. The van der Waals surface area contributed by atoms with Crippen molar-refractivity contribution in [2.75, 3.05) is 11.9 Å². The van der Waals surface area contributed by atoms with E-state index in [-0.39, 0.29) is 6.54 Å². The van der Waals surface area contributed by atoms with Gasteiger partial charge in [-0.05, 0) is 29.6 Å². The van der Waals surface area contributed by atoms with Crippen molar-refractivity contribution in [3.8, 4) is 10.6 Å². The van der Waals surface area contributed by atoms with Crippen LogP contribution in [0.1, 0.15) is 0 Å². The van der Waals surface area contributed by atoms with E-state index in [0.29, 0.717) is 6.54 Å². The van der Waals surface area contributed by atoms with E-state index in [4.69, 9.17) is 0 Å². The van der Waals surface area contributed by atoms with Gasteiger partial charge in [0.15, 0.2) is 0 Å². The van der Waals surface area contributed by atoms with Crippen molar-refractivity contribution < 1.29 is 13.6 Å². The zero-order chi connectivity index (χ0) is 16.9. The molecule has 0 spiro atoms. The van der Waals surface area contributed by atoms with Gasteiger partial charge in [-0.1, -0.05) is 12.1 Å². The molecule has 0 atom stereocenters. The molecule has 2 amide bonds. The zero-order valence-electron chi connectivity index (χ0n) is 12.5. The highest BCUT2D eigenvalue weighted by atomic mass is 32.1. The van der Waals surface area contributed by atoms with Crippen LogP contribution >= 0.6 is 11.3 Å². The third-order valence-corrected chi connectivity index (χ3v) is 4.13. The molecule has 2 N–H and O–H groups in total. The van der Waals surface area contributed by atoms with Gasteiger partial charge in [-0.2, -0.15) is 5.10 Å². The number of carbonyl (C=O) groups excluding carboxylic acids is 1. The Morgan fingerprint density at radius 2 is 1.96 bits per heavy atom. The van der Waals surface area contributed by atoms with Gasteiger partial charge in [0, 0.05) is 12.7 Å². The lowest BCUT2D eigenvalue weighted by atomic mass is 10.3. The highest BCUT2D eigenvalue weighted by molar-refractivity contribution is 7.13. The van der Waals surface area contributed by atoms with Crippen LogP contribution in [-0.4, -0.2) is 22.4 Å². The number of hydrogen-bond donors (Lipinski definition) is 2. The quantitative estimate of drug-likeness (QED) is 0.738. The molecule has 5 nitrogen and oxygen atoms in total. The van der Waals surface area contributed by atoms with E-state index in [1.807, 2.05) is 29.8 Å². The number of thiophene rings is 1. The summed E-state index contributed by atoms with van der Waals surface area (Å²) in [5.74, 6) is -1.64. The Balaban J connectivity index is 1.50. The molecule has 2 heterocycles. The fraction of sp³-hybridized carbons (Fsp3) is 0.125. The van der Waals surface area contributed by atoms with Crippen LogP contribution in [0.2, 0.25) is 0 Å². The fourth-order valence-corrected chi connectivity index (χ4v) is 2.79. The van der Waals surface area contributed by atoms with Crippen molar-refractivity contribution in [2.24, 2.45) is 0 Å². The molecule has 2 aromatic heterocycles. The highest BCUT2D eigenvalue weighted by Crippen LogP contribution is 2.22. The van der Waals surface area contributed by atoms with Gasteiger partial charge in [0.25, 0.3) is 0 Å². The first-order chi connectivity index (χ1) is 11.6. The van der Waals surface area contributed by atoms with Crippen molar-refractivity contribution in [2.45, 2.75) is 6.54 Å². The number of hydrogen-bond acceptors (Lipinski definition) is 3. The minimum absolute atomic E-state index is 0.271. The second-order valence-corrected chi connectivity index (χ2v) is 5.87. The number of benzene rings is 1. The number of anilines is 1. The lowest BCUT2D eigenvalue weighted by Gasteiger charge is -2.09. The van der Waals surface area contributed by atoms with Crippen LogP contribution in [0.4, 0.5) is 19.3 Å². The first-order valence-electron chi connectivity index (χ1n) is 7.19. The number of nitrogens with one attached hydrogen (secondary N) is 2. The summed E-state index contributed by atoms with van der Waals surface area (Å²) in [5.41, 5.74) is 0.400. The van der Waals surface area contributed by atoms with Gasteiger partial charge < -0.3 is 10.6 Å². The number of rotatable bonds is 5. The molecule has 0 bridgehead atoms. The van der Waals surface area contributed by atoms with Crippen molar-refractivity contribution in [1.82, 2.24) is 15.1 Å². The lowest BCUT2D eigenvalue weighted by molar-refractivity contribution is 0.251. The maximum absolute atomic E-state index is 13.4. The predicted octanol–water partition coefficient (Wildman–Crippen LogP) is 3.71. The van der Waals surface area contributed by atoms with Crippen LogP contribution in [0.5, 0.6) is 0 Å². The molecule has 0 radical (unpaired) electrons. The highest BCUT2D eigenvalue weighted by Gasteiger charge is 2.11. The summed E-state index contributed by atoms with van der Waals surface area (Å²) >= 11 is 1.60. The van der Waals surface area contributed by atoms with Crippen molar-refractivity contribution >= 4 is 23.1 Å². The van der Waals surface area contributed by atoms with Gasteiger partial charge in [-0.25, -0.2) is 13.6 Å². The molecule has 0 saturated carbocycles. The number of aromatic nitrogens is 2. The van der Waals surface area contributed by atoms with Crippen molar-refractivity contribution in [3.63, 3.8) is 0 Å². The third kappa shape index (κ3) is 3.77. The number of para-hydroxylation sites is 1. The minimum Gasteiger partial charge on any atom is -0.336 e. The molecule has 8 heteroatoms. The van der Waals surface area contributed by atoms with Crippen molar-refractivity contribution in [3.05, 3.63) is 59.6 Å². The number of nitrogens with zero attached hydrogens (tertiary/aromatic N) is 2. The Morgan fingerprint density at radius 1 is 1.17 bits per heavy atom. The fourth-order valence-electron chi connectivity index (χ4n) is 2.10. The summed E-state index contributed by atoms with van der Waals surface area (Å²) in [6.07, 6.45) is 1.81. The summed E-state index contributed by atoms with van der Waals surface area (Å²) in [5, 5.41) is 11.1. The monoisotopic (exact) mass is 348 g/mol. The Kier molecular flexibility index (Phi) is 4.85. The Hall–Kier alpha value is -2.74. The standard InChI is InChI=1S/C16H14F2N4OS/c17-11-3-1-4-12(18)15(11)20-16(23)19-7-9-22-8-6-13(21-22)14-5-2-10-24-14/h1-6,8,10H,7,9H2,(H2,19,20,23). The average molecular weight is 348 g/mol. The molecule has 0 saturated heterocycles. The number of halogens is 2. The second kappa shape index (κ2) is 7.22. The number of carbonyl (C=O) groups is 1. The molecule has 0 aliphatic carbocycles. The third-order valence-electron chi connectivity index (χ3n) is 3.24. The summed E-state index contributed by atoms with van der Waals surface area (Å²) < 4.78 is 28.6. The van der Waals surface area contributed by atoms with E-state index >= 15 is 0 Å². The van der Waals surface area contributed by atoms with Gasteiger partial charge in [0.05, 0.1) is 11.4 Å². The molecule has 1 aromatic carbocycles. The molecule has 0 aliphatic rings. The van der Waals surface area contributed by atoms with Gasteiger partial charge >= 0.3 is 6.03 Å². The summed E-state index contributed by atoms with van der Waals surface area (Å²) in [7, 11) is 0. The second-order valence-electron chi connectivity index (χ2n) is 4.92. The van der Waals surface area contributed by atoms with Crippen LogP contribution in [0.15, 0.2) is 48.0 Å². The smallest absolute Gasteiger partial charge is 0.319 e. The molecule has 3 rings (SSSR count). The maximum Gasteiger partial charge on any atom is 0.319 e. The summed E-state index contributed by atoms with van der Waals surface area (Å²) in [6.45, 7) is 0.714. The molecule has 0 aliphatic heterocycles. The van der Waals surface area contributed by atoms with E-state index in [0.717, 1.165) is 22.7 Å². The summed E-state index contributed by atoms with van der Waals surface area (Å²) in [4.78, 5) is 12.8. The Bertz CT molecular complexity index is 812. The molecule has 3 aromatic rings. The Morgan fingerprint density at radius 3 is 2.67 bits per heavy atom. The van der Waals surface area contributed by atoms with E-state index < -0.39 is 23.4 Å². The molecule has 0 unspecified atom stereocenters. The lowest BCUT2D eigenvalue weighted by Crippen LogP contribution is -2.32. The SMILES string of the molecule is O=C(NCCn1ccc(-c2cccs2)n1)Nc1c(F)cccc1F. The first kappa shape index (κ1) is 16.1. The molecule has 0 fully saturated rings. The van der Waals surface area contributed by atoms with Gasteiger partial charge in [-0.15, -0.1) is 11.3 Å². The van der Waals surface area contributed by atoms with Crippen LogP contribution < -0.4 is 10.6 Å². The van der Waals surface area contributed by atoms with E-state index in [1.54, 1.807) is 16.0 Å². The predicted molar refractivity (Wildman–Crippen MR) is 88.9 cm³/mol. The largest absolute Gasteiger partial charge is 0.336 e. The van der Waals surface area contributed by atoms with Crippen LogP contribution in [0, 0.1) is 11.6 Å². The van der Waals surface area contributed by atoms with Gasteiger partial charge in [0.1, 0.15) is 23.0 Å². The van der Waals surface area contributed by atoms with Crippen LogP contribution in [0.25, 0.3) is 10.6 Å². The Labute approximate surface area is 140 Å². The van der Waals surface area contributed by atoms with Crippen LogP contribution in [0.3, 0.4) is 0 Å². The topological polar surface area (TPSA) is 59.0 Å². The van der Waals surface area contributed by atoms with E-state index in [1.165, 1.54) is 6.07 Å². The number of urea groups is 1. The summed E-state index contributed by atoms with van der Waals surface area (Å²) in [6, 6.07) is 8.53. The molecular weight excluding hydrogens is 334 g/mol. The number of amides is 2. The minimum atomic E-state index is -0.821. The van der Waals surface area contributed by atoms with Crippen molar-refractivity contribution in [1.29, 1.82) is 0 Å². The average Bonchev–Trinajstić information content (AvgIpc) is 3.22. The molecule has 24 heavy (non-hydrogen) atoms. The van der Waals surface area contributed by atoms with E-state index in [2.05, 4.69) is 15.7 Å². The molecule has 124 valence electrons. The van der Waals surface area contributed by atoms with Gasteiger partial charge in [-0.3, -0.25) is 4.68 Å². The van der Waals surface area contributed by atoms with Gasteiger partial charge in [0.2, 0.25) is 0 Å². The maximum atomic E-state index is 13.4. The van der Waals surface area contributed by atoms with Crippen LogP contribution in [-0.2, 0) is 6.54 Å².